The third-order valence-electron chi connectivity index (χ3n) is 6.89. The van der Waals surface area contributed by atoms with Crippen LogP contribution >= 0.6 is 12.4 Å². The molecular weight excluding hydrogens is 485 g/mol. The standard InChI is InChI=1S/C24H21F3N4O3.ClH/c1-12(32)30-8-15-11-31(23(33)34-15)14-3-4-16(19(25)7-14)13-5-20(26)22(21(27)6-13)24(28-2)17-9-29-10-18(17)24;/h3-7,15,17-18,29H,8-11H2,1H3,(H,30,32);1H/t15-,17-,18+,24?;/m0./s1. The molecule has 7 nitrogen and oxygen atoms in total. The number of hydrogen-bond acceptors (Lipinski definition) is 4. The van der Waals surface area contributed by atoms with Gasteiger partial charge in [0.15, 0.2) is 0 Å². The molecule has 0 aromatic heterocycles. The maximum Gasteiger partial charge on any atom is 0.414 e. The van der Waals surface area contributed by atoms with Crippen LogP contribution in [0.25, 0.3) is 16.0 Å². The number of hydrogen-bond donors (Lipinski definition) is 2. The molecule has 1 unspecified atom stereocenters. The van der Waals surface area contributed by atoms with Gasteiger partial charge in [-0.05, 0) is 35.9 Å². The number of ether oxygens (including phenoxy) is 1. The maximum atomic E-state index is 15.1. The molecule has 11 heteroatoms. The van der Waals surface area contributed by atoms with E-state index in [-0.39, 0.29) is 65.6 Å². The molecule has 5 rings (SSSR count). The second kappa shape index (κ2) is 9.06. The van der Waals surface area contributed by atoms with E-state index in [0.717, 1.165) is 18.2 Å². The molecule has 2 heterocycles. The Morgan fingerprint density at radius 3 is 2.43 bits per heavy atom. The Hall–Kier alpha value is -3.29. The van der Waals surface area contributed by atoms with Gasteiger partial charge in [0.1, 0.15) is 29.1 Å². The van der Waals surface area contributed by atoms with Crippen molar-refractivity contribution in [1.82, 2.24) is 10.6 Å². The minimum Gasteiger partial charge on any atom is -0.442 e. The van der Waals surface area contributed by atoms with Crippen molar-refractivity contribution in [2.24, 2.45) is 11.8 Å². The smallest absolute Gasteiger partial charge is 0.414 e. The minimum atomic E-state index is -1.20. The van der Waals surface area contributed by atoms with Gasteiger partial charge in [0, 0.05) is 25.6 Å². The van der Waals surface area contributed by atoms with Crippen LogP contribution in [-0.4, -0.2) is 44.3 Å². The van der Waals surface area contributed by atoms with Gasteiger partial charge in [0.25, 0.3) is 5.54 Å². The Labute approximate surface area is 205 Å². The summed E-state index contributed by atoms with van der Waals surface area (Å²) in [7, 11) is 0. The number of amides is 2. The Kier molecular flexibility index (Phi) is 6.42. The molecule has 3 aliphatic rings. The Morgan fingerprint density at radius 1 is 1.20 bits per heavy atom. The summed E-state index contributed by atoms with van der Waals surface area (Å²) in [6.45, 7) is 10.2. The number of nitrogens with one attached hydrogen (secondary N) is 2. The van der Waals surface area contributed by atoms with Crippen LogP contribution in [0.4, 0.5) is 23.7 Å². The fraction of sp³-hybridized carbons (Fsp3) is 0.375. The molecule has 2 N–H and O–H groups in total. The summed E-state index contributed by atoms with van der Waals surface area (Å²) in [5, 5.41) is 5.68. The quantitative estimate of drug-likeness (QED) is 0.608. The van der Waals surface area contributed by atoms with Gasteiger partial charge >= 0.3 is 6.09 Å². The first-order valence-electron chi connectivity index (χ1n) is 10.9. The maximum absolute atomic E-state index is 15.1. The zero-order valence-electron chi connectivity index (χ0n) is 18.6. The lowest BCUT2D eigenvalue weighted by atomic mass is 9.95. The third-order valence-corrected chi connectivity index (χ3v) is 6.89. The minimum absolute atomic E-state index is 0. The zero-order chi connectivity index (χ0) is 24.2. The number of piperidine rings is 1. The summed E-state index contributed by atoms with van der Waals surface area (Å²) < 4.78 is 50.3. The summed E-state index contributed by atoms with van der Waals surface area (Å²) in [5.74, 6) is -3.04. The van der Waals surface area contributed by atoms with Crippen molar-refractivity contribution in [3.05, 3.63) is 64.8 Å². The van der Waals surface area contributed by atoms with Gasteiger partial charge in [0.05, 0.1) is 30.6 Å². The topological polar surface area (TPSA) is 75.0 Å². The normalized spacial score (nSPS) is 26.4. The van der Waals surface area contributed by atoms with Gasteiger partial charge in [-0.3, -0.25) is 9.69 Å². The lowest BCUT2D eigenvalue weighted by Crippen LogP contribution is -2.33. The fourth-order valence-electron chi connectivity index (χ4n) is 5.22. The third kappa shape index (κ3) is 3.98. The van der Waals surface area contributed by atoms with E-state index in [4.69, 9.17) is 11.3 Å². The summed E-state index contributed by atoms with van der Waals surface area (Å²) >= 11 is 0. The number of halogens is 4. The zero-order valence-corrected chi connectivity index (χ0v) is 19.4. The molecule has 0 radical (unpaired) electrons. The average Bonchev–Trinajstić information content (AvgIpc) is 3.12. The highest BCUT2D eigenvalue weighted by Crippen LogP contribution is 2.63. The summed E-state index contributed by atoms with van der Waals surface area (Å²) in [6, 6.07) is 6.00. The van der Waals surface area contributed by atoms with Crippen molar-refractivity contribution in [3.8, 4) is 11.1 Å². The van der Waals surface area contributed by atoms with Crippen LogP contribution < -0.4 is 15.5 Å². The number of anilines is 1. The van der Waals surface area contributed by atoms with Crippen LogP contribution in [0, 0.1) is 35.9 Å². The molecule has 1 saturated carbocycles. The summed E-state index contributed by atoms with van der Waals surface area (Å²) in [5.41, 5.74) is -1.27. The van der Waals surface area contributed by atoms with Crippen molar-refractivity contribution in [1.29, 1.82) is 0 Å². The Bertz CT molecular complexity index is 1220. The molecule has 2 aromatic rings. The molecule has 2 amide bonds. The van der Waals surface area contributed by atoms with E-state index in [1.807, 2.05) is 0 Å². The molecular formula is C24H22ClF3N4O3. The van der Waals surface area contributed by atoms with E-state index in [1.165, 1.54) is 24.0 Å². The number of nitrogens with zero attached hydrogens (tertiary/aromatic N) is 2. The van der Waals surface area contributed by atoms with Crippen LogP contribution in [0.1, 0.15) is 12.5 Å². The van der Waals surface area contributed by atoms with Crippen molar-refractivity contribution in [3.63, 3.8) is 0 Å². The molecule has 0 spiro atoms. The SMILES string of the molecule is Cl.[C-]#[N+]C1(c2c(F)cc(-c3ccc(N4C[C@H](CNC(C)=O)OC4=O)cc3F)cc2F)[C@@H]2CNC[C@@H]21. The second-order valence-corrected chi connectivity index (χ2v) is 8.84. The Morgan fingerprint density at radius 2 is 1.86 bits per heavy atom. The van der Waals surface area contributed by atoms with Crippen molar-refractivity contribution >= 4 is 30.1 Å². The molecule has 35 heavy (non-hydrogen) atoms. The molecule has 2 aliphatic heterocycles. The van der Waals surface area contributed by atoms with Gasteiger partial charge in [-0.15, -0.1) is 12.4 Å². The van der Waals surface area contributed by atoms with E-state index in [9.17, 15) is 14.0 Å². The number of benzene rings is 2. The summed E-state index contributed by atoms with van der Waals surface area (Å²) in [4.78, 5) is 28.1. The number of rotatable bonds is 5. The van der Waals surface area contributed by atoms with Crippen LogP contribution in [0.15, 0.2) is 30.3 Å². The van der Waals surface area contributed by atoms with E-state index < -0.39 is 35.2 Å². The largest absolute Gasteiger partial charge is 0.442 e. The summed E-state index contributed by atoms with van der Waals surface area (Å²) in [6.07, 6.45) is -1.26. The number of carbonyl (C=O) groups is 2. The molecule has 2 saturated heterocycles. The predicted molar refractivity (Wildman–Crippen MR) is 123 cm³/mol. The second-order valence-electron chi connectivity index (χ2n) is 8.84. The molecule has 1 aliphatic carbocycles. The number of carbonyl (C=O) groups excluding carboxylic acids is 2. The van der Waals surface area contributed by atoms with Crippen molar-refractivity contribution < 1.29 is 27.5 Å². The van der Waals surface area contributed by atoms with Gasteiger partial charge in [-0.2, -0.15) is 0 Å². The first kappa shape index (κ1) is 24.8. The van der Waals surface area contributed by atoms with Crippen LogP contribution in [-0.2, 0) is 15.1 Å². The first-order chi connectivity index (χ1) is 16.3. The van der Waals surface area contributed by atoms with Crippen molar-refractivity contribution in [2.75, 3.05) is 31.1 Å². The molecule has 184 valence electrons. The highest BCUT2D eigenvalue weighted by molar-refractivity contribution is 5.90. The molecule has 3 fully saturated rings. The van der Waals surface area contributed by atoms with E-state index >= 15 is 8.78 Å². The predicted octanol–water partition coefficient (Wildman–Crippen LogP) is 3.62. The van der Waals surface area contributed by atoms with Crippen LogP contribution in [0.3, 0.4) is 0 Å². The first-order valence-corrected chi connectivity index (χ1v) is 10.9. The van der Waals surface area contributed by atoms with Gasteiger partial charge in [-0.1, -0.05) is 0 Å². The van der Waals surface area contributed by atoms with Gasteiger partial charge < -0.3 is 20.2 Å². The van der Waals surface area contributed by atoms with Gasteiger partial charge in [-0.25, -0.2) is 24.5 Å². The number of cyclic esters (lactones) is 1. The molecule has 2 aromatic carbocycles. The van der Waals surface area contributed by atoms with Crippen LogP contribution in [0.5, 0.6) is 0 Å². The highest BCUT2D eigenvalue weighted by atomic mass is 35.5. The lowest BCUT2D eigenvalue weighted by molar-refractivity contribution is -0.119. The Balaban J connectivity index is 0.00000289. The lowest BCUT2D eigenvalue weighted by Gasteiger charge is -2.16. The van der Waals surface area contributed by atoms with Gasteiger partial charge in [0.2, 0.25) is 5.91 Å². The highest BCUT2D eigenvalue weighted by Gasteiger charge is 2.77. The fourth-order valence-corrected chi connectivity index (χ4v) is 5.22. The van der Waals surface area contributed by atoms with E-state index in [0.29, 0.717) is 13.1 Å². The van der Waals surface area contributed by atoms with E-state index in [1.54, 1.807) is 0 Å². The number of fused-ring (bicyclic) bond motifs is 1. The monoisotopic (exact) mass is 506 g/mol. The van der Waals surface area contributed by atoms with Crippen LogP contribution in [0.2, 0.25) is 0 Å². The van der Waals surface area contributed by atoms with Crippen molar-refractivity contribution in [2.45, 2.75) is 18.6 Å². The van der Waals surface area contributed by atoms with E-state index in [2.05, 4.69) is 15.5 Å². The molecule has 0 bridgehead atoms. The average molecular weight is 507 g/mol. The molecule has 4 atom stereocenters.